The largest absolute Gasteiger partial charge is 0.394 e. The first-order valence-electron chi connectivity index (χ1n) is 24.1. The van der Waals surface area contributed by atoms with Crippen LogP contribution in [0.3, 0.4) is 0 Å². The molecule has 0 rings (SSSR count). The van der Waals surface area contributed by atoms with Crippen molar-refractivity contribution in [3.63, 3.8) is 0 Å². The maximum absolute atomic E-state index is 12.4. The van der Waals surface area contributed by atoms with Crippen molar-refractivity contribution in [3.05, 3.63) is 24.3 Å². The Bertz CT molecular complexity index is 765. The molecule has 3 N–H and O–H groups in total. The number of aliphatic hydroxyl groups is 2. The number of nitrogens with one attached hydrogen (secondary N) is 1. The molecule has 0 fully saturated rings. The summed E-state index contributed by atoms with van der Waals surface area (Å²) in [5.41, 5.74) is 0. The number of amides is 1. The van der Waals surface area contributed by atoms with Gasteiger partial charge in [-0.2, -0.15) is 0 Å². The third-order valence-corrected chi connectivity index (χ3v) is 11.2. The lowest BCUT2D eigenvalue weighted by Crippen LogP contribution is -2.45. The molecule has 0 heterocycles. The van der Waals surface area contributed by atoms with E-state index in [4.69, 9.17) is 0 Å². The van der Waals surface area contributed by atoms with Gasteiger partial charge in [0.15, 0.2) is 0 Å². The quantitative estimate of drug-likeness (QED) is 0.0430. The van der Waals surface area contributed by atoms with E-state index in [2.05, 4.69) is 31.3 Å². The van der Waals surface area contributed by atoms with Gasteiger partial charge in [0, 0.05) is 6.42 Å². The SMILES string of the molecule is CCCCCCCC/C=C\CCCCCCCCCC(=O)NC(CO)C(O)/C=C/CCCCCCCCCCCCCCCCCCCCCCCC. The molecule has 0 aromatic carbocycles. The molecule has 0 aliphatic heterocycles. The molecule has 0 aromatic heterocycles. The van der Waals surface area contributed by atoms with Crippen LogP contribution in [0.1, 0.15) is 264 Å². The maximum Gasteiger partial charge on any atom is 0.220 e. The molecule has 0 saturated heterocycles. The number of allylic oxidation sites excluding steroid dienone is 3. The van der Waals surface area contributed by atoms with Gasteiger partial charge in [-0.05, 0) is 44.9 Å². The number of hydrogen-bond donors (Lipinski definition) is 3. The van der Waals surface area contributed by atoms with E-state index in [1.54, 1.807) is 6.08 Å². The van der Waals surface area contributed by atoms with Gasteiger partial charge in [0.2, 0.25) is 5.91 Å². The van der Waals surface area contributed by atoms with Gasteiger partial charge in [0.05, 0.1) is 18.8 Å². The second-order valence-electron chi connectivity index (χ2n) is 16.5. The van der Waals surface area contributed by atoms with Gasteiger partial charge in [-0.1, -0.05) is 237 Å². The van der Waals surface area contributed by atoms with Crippen LogP contribution in [-0.2, 0) is 4.79 Å². The molecule has 0 saturated carbocycles. The summed E-state index contributed by atoms with van der Waals surface area (Å²) >= 11 is 0. The second kappa shape index (κ2) is 45.3. The van der Waals surface area contributed by atoms with Crippen LogP contribution in [0.5, 0.6) is 0 Å². The molecule has 0 radical (unpaired) electrons. The fourth-order valence-corrected chi connectivity index (χ4v) is 7.47. The summed E-state index contributed by atoms with van der Waals surface area (Å²) in [6.07, 6.45) is 58.7. The van der Waals surface area contributed by atoms with E-state index in [1.165, 1.54) is 218 Å². The lowest BCUT2D eigenvalue weighted by atomic mass is 10.0. The topological polar surface area (TPSA) is 69.6 Å². The number of rotatable bonds is 44. The number of carbonyl (C=O) groups is 1. The molecule has 0 bridgehead atoms. The Hall–Kier alpha value is -1.13. The van der Waals surface area contributed by atoms with Crippen molar-refractivity contribution >= 4 is 5.91 Å². The Balaban J connectivity index is 3.51. The van der Waals surface area contributed by atoms with Crippen LogP contribution >= 0.6 is 0 Å². The second-order valence-corrected chi connectivity index (χ2v) is 16.5. The predicted molar refractivity (Wildman–Crippen MR) is 235 cm³/mol. The molecule has 0 aromatic rings. The predicted octanol–water partition coefficient (Wildman–Crippen LogP) is 15.2. The highest BCUT2D eigenvalue weighted by molar-refractivity contribution is 5.76. The van der Waals surface area contributed by atoms with Crippen molar-refractivity contribution in [1.29, 1.82) is 0 Å². The lowest BCUT2D eigenvalue weighted by Gasteiger charge is -2.20. The average Bonchev–Trinajstić information content (AvgIpc) is 3.16. The van der Waals surface area contributed by atoms with E-state index in [0.29, 0.717) is 6.42 Å². The van der Waals surface area contributed by atoms with Gasteiger partial charge >= 0.3 is 0 Å². The third-order valence-electron chi connectivity index (χ3n) is 11.2. The third kappa shape index (κ3) is 41.9. The minimum Gasteiger partial charge on any atom is -0.394 e. The molecule has 314 valence electrons. The lowest BCUT2D eigenvalue weighted by molar-refractivity contribution is -0.123. The van der Waals surface area contributed by atoms with Crippen molar-refractivity contribution in [1.82, 2.24) is 5.32 Å². The first-order valence-corrected chi connectivity index (χ1v) is 24.1. The Morgan fingerprint density at radius 2 is 0.717 bits per heavy atom. The molecule has 2 unspecified atom stereocenters. The summed E-state index contributed by atoms with van der Waals surface area (Å²) in [5, 5.41) is 23.1. The summed E-state index contributed by atoms with van der Waals surface area (Å²) in [6.45, 7) is 4.32. The van der Waals surface area contributed by atoms with Crippen LogP contribution in [0.2, 0.25) is 0 Å². The highest BCUT2D eigenvalue weighted by Crippen LogP contribution is 2.16. The Morgan fingerprint density at radius 1 is 0.434 bits per heavy atom. The molecule has 0 spiro atoms. The Labute approximate surface area is 332 Å². The van der Waals surface area contributed by atoms with E-state index >= 15 is 0 Å². The normalized spacial score (nSPS) is 13.1. The molecule has 4 heteroatoms. The molecular weight excluding hydrogens is 651 g/mol. The highest BCUT2D eigenvalue weighted by atomic mass is 16.3. The van der Waals surface area contributed by atoms with Crippen LogP contribution in [0.25, 0.3) is 0 Å². The summed E-state index contributed by atoms with van der Waals surface area (Å²) in [7, 11) is 0. The van der Waals surface area contributed by atoms with Gasteiger partial charge in [0.1, 0.15) is 0 Å². The van der Waals surface area contributed by atoms with Gasteiger partial charge in [-0.15, -0.1) is 0 Å². The zero-order valence-corrected chi connectivity index (χ0v) is 36.1. The zero-order chi connectivity index (χ0) is 38.6. The standard InChI is InChI=1S/C49H95NO3/c1-3-5-7-9-11-13-15-17-19-21-22-23-24-25-26-27-29-30-32-34-36-38-40-42-44-48(52)47(46-51)50-49(53)45-43-41-39-37-35-33-31-28-20-18-16-14-12-10-8-6-4-2/h18,20,42,44,47-48,51-52H,3-17,19,21-41,43,45-46H2,1-2H3,(H,50,53)/b20-18-,44-42+. The Kier molecular flexibility index (Phi) is 44.3. The van der Waals surface area contributed by atoms with Crippen LogP contribution in [0.15, 0.2) is 24.3 Å². The van der Waals surface area contributed by atoms with Crippen molar-refractivity contribution in [2.45, 2.75) is 276 Å². The van der Waals surface area contributed by atoms with E-state index in [9.17, 15) is 15.0 Å². The maximum atomic E-state index is 12.4. The monoisotopic (exact) mass is 746 g/mol. The number of unbranched alkanes of at least 4 members (excludes halogenated alkanes) is 35. The van der Waals surface area contributed by atoms with Crippen LogP contribution in [0.4, 0.5) is 0 Å². The van der Waals surface area contributed by atoms with Crippen LogP contribution < -0.4 is 5.32 Å². The molecule has 1 amide bonds. The fourth-order valence-electron chi connectivity index (χ4n) is 7.47. The fraction of sp³-hybridized carbons (Fsp3) is 0.898. The minimum atomic E-state index is -0.839. The molecule has 0 aliphatic rings. The first-order chi connectivity index (χ1) is 26.2. The van der Waals surface area contributed by atoms with Gasteiger partial charge in [-0.3, -0.25) is 4.79 Å². The van der Waals surface area contributed by atoms with Crippen molar-refractivity contribution in [2.75, 3.05) is 6.61 Å². The van der Waals surface area contributed by atoms with Crippen molar-refractivity contribution in [3.8, 4) is 0 Å². The summed E-state index contributed by atoms with van der Waals surface area (Å²) in [6, 6.07) is -0.622. The summed E-state index contributed by atoms with van der Waals surface area (Å²) in [5.74, 6) is -0.0659. The van der Waals surface area contributed by atoms with E-state index in [1.807, 2.05) is 6.08 Å². The first kappa shape index (κ1) is 51.9. The summed E-state index contributed by atoms with van der Waals surface area (Å²) < 4.78 is 0. The number of hydrogen-bond acceptors (Lipinski definition) is 3. The smallest absolute Gasteiger partial charge is 0.220 e. The van der Waals surface area contributed by atoms with Crippen molar-refractivity contribution in [2.24, 2.45) is 0 Å². The number of aliphatic hydroxyl groups excluding tert-OH is 2. The average molecular weight is 746 g/mol. The Morgan fingerprint density at radius 3 is 1.04 bits per heavy atom. The van der Waals surface area contributed by atoms with E-state index in [-0.39, 0.29) is 12.5 Å². The minimum absolute atomic E-state index is 0.0659. The van der Waals surface area contributed by atoms with Gasteiger partial charge in [-0.25, -0.2) is 0 Å². The van der Waals surface area contributed by atoms with E-state index < -0.39 is 12.1 Å². The van der Waals surface area contributed by atoms with Crippen LogP contribution in [-0.4, -0.2) is 34.9 Å². The molecule has 0 aliphatic carbocycles. The molecule has 53 heavy (non-hydrogen) atoms. The number of carbonyl (C=O) groups excluding carboxylic acids is 1. The molecular formula is C49H95NO3. The van der Waals surface area contributed by atoms with Gasteiger partial charge in [0.25, 0.3) is 0 Å². The van der Waals surface area contributed by atoms with Crippen molar-refractivity contribution < 1.29 is 15.0 Å². The highest BCUT2D eigenvalue weighted by Gasteiger charge is 2.18. The van der Waals surface area contributed by atoms with Crippen LogP contribution in [0, 0.1) is 0 Å². The van der Waals surface area contributed by atoms with Gasteiger partial charge < -0.3 is 15.5 Å². The molecule has 4 nitrogen and oxygen atoms in total. The molecule has 2 atom stereocenters. The zero-order valence-electron chi connectivity index (χ0n) is 36.1. The van der Waals surface area contributed by atoms with E-state index in [0.717, 1.165) is 25.7 Å². The summed E-state index contributed by atoms with van der Waals surface area (Å²) in [4.78, 5) is 12.4.